The van der Waals surface area contributed by atoms with Crippen LogP contribution in [0.1, 0.15) is 66.4 Å². The molecule has 0 radical (unpaired) electrons. The highest BCUT2D eigenvalue weighted by atomic mass is 16.5. The van der Waals surface area contributed by atoms with Crippen molar-refractivity contribution in [3.8, 4) is 0 Å². The van der Waals surface area contributed by atoms with E-state index in [0.29, 0.717) is 31.6 Å². The van der Waals surface area contributed by atoms with E-state index in [4.69, 9.17) is 10.1 Å². The number of aromatic nitrogens is 1. The Labute approximate surface area is 214 Å². The molecular weight excluding hydrogens is 456 g/mol. The van der Waals surface area contributed by atoms with Crippen LogP contribution in [0.15, 0.2) is 41.6 Å². The molecule has 0 aliphatic rings. The first-order valence-electron chi connectivity index (χ1n) is 12.5. The largest absolute Gasteiger partial charge is 0.466 e. The van der Waals surface area contributed by atoms with Crippen LogP contribution in [0.2, 0.25) is 0 Å². The predicted octanol–water partition coefficient (Wildman–Crippen LogP) is 4.83. The summed E-state index contributed by atoms with van der Waals surface area (Å²) in [6.07, 6.45) is 3.33. The van der Waals surface area contributed by atoms with E-state index in [-0.39, 0.29) is 29.9 Å². The number of nitrogens with one attached hydrogen (secondary N) is 4. The van der Waals surface area contributed by atoms with Crippen LogP contribution in [0.4, 0.5) is 0 Å². The Bertz CT molecular complexity index is 1070. The Kier molecular flexibility index (Phi) is 13.2. The van der Waals surface area contributed by atoms with Crippen molar-refractivity contribution in [2.24, 2.45) is 5.92 Å². The number of benzene rings is 1. The Morgan fingerprint density at radius 3 is 2.39 bits per heavy atom. The lowest BCUT2D eigenvalue weighted by Crippen LogP contribution is -2.50. The van der Waals surface area contributed by atoms with Gasteiger partial charge in [-0.1, -0.05) is 38.0 Å². The molecule has 1 heterocycles. The molecular formula is C28H42N4O4. The number of carbonyl (C=O) groups is 3. The third-order valence-corrected chi connectivity index (χ3v) is 5.67. The van der Waals surface area contributed by atoms with Gasteiger partial charge in [0.25, 0.3) is 5.91 Å². The second-order valence-corrected chi connectivity index (χ2v) is 9.10. The molecule has 1 unspecified atom stereocenters. The molecule has 198 valence electrons. The minimum atomic E-state index is -0.705. The summed E-state index contributed by atoms with van der Waals surface area (Å²) >= 11 is 0. The first-order valence-corrected chi connectivity index (χ1v) is 12.5. The molecule has 8 nitrogen and oxygen atoms in total. The number of fused-ring (bicyclic) bond motifs is 1. The highest BCUT2D eigenvalue weighted by Gasteiger charge is 2.26. The van der Waals surface area contributed by atoms with Gasteiger partial charge < -0.3 is 25.8 Å². The van der Waals surface area contributed by atoms with Crippen LogP contribution in [0.25, 0.3) is 10.9 Å². The standard InChI is InChI=1S/C19H33N3O4.C9H9N/c1-7-13(5)16(14(6)20)18(24)22-17(12(3)4)19(25)21-11-9-10-15(23)26-8-2;1-7-2-3-9-8(6-7)4-5-10-9/h12,17,20H,7-11H2,1-6H3,(H,21,25)(H,22,24);2-6,10H,1H3/b16-13+,20-14?;. The minimum Gasteiger partial charge on any atom is -0.466 e. The van der Waals surface area contributed by atoms with Crippen molar-refractivity contribution in [2.75, 3.05) is 13.2 Å². The summed E-state index contributed by atoms with van der Waals surface area (Å²) in [7, 11) is 0. The number of H-pyrrole nitrogens is 1. The van der Waals surface area contributed by atoms with Crippen LogP contribution < -0.4 is 10.6 Å². The third kappa shape index (κ3) is 10.1. The van der Waals surface area contributed by atoms with Gasteiger partial charge in [0.15, 0.2) is 0 Å². The minimum absolute atomic E-state index is 0.113. The van der Waals surface area contributed by atoms with E-state index in [1.54, 1.807) is 13.8 Å². The molecule has 8 heteroatoms. The quantitative estimate of drug-likeness (QED) is 0.153. The Hall–Kier alpha value is -3.42. The fraction of sp³-hybridized carbons (Fsp3) is 0.500. The summed E-state index contributed by atoms with van der Waals surface area (Å²) in [5.74, 6) is -1.11. The molecule has 2 rings (SSSR count). The Morgan fingerprint density at radius 2 is 1.81 bits per heavy atom. The highest BCUT2D eigenvalue weighted by Crippen LogP contribution is 2.13. The summed E-state index contributed by atoms with van der Waals surface area (Å²) in [6, 6.07) is 7.77. The van der Waals surface area contributed by atoms with E-state index in [1.807, 2.05) is 33.9 Å². The predicted molar refractivity (Wildman–Crippen MR) is 145 cm³/mol. The van der Waals surface area contributed by atoms with Crippen molar-refractivity contribution in [3.05, 3.63) is 47.2 Å². The summed E-state index contributed by atoms with van der Waals surface area (Å²) in [5.41, 5.74) is 3.84. The zero-order valence-corrected chi connectivity index (χ0v) is 22.7. The first-order chi connectivity index (χ1) is 17.0. The lowest BCUT2D eigenvalue weighted by Gasteiger charge is -2.23. The average Bonchev–Trinajstić information content (AvgIpc) is 3.28. The Balaban J connectivity index is 0.000000526. The summed E-state index contributed by atoms with van der Waals surface area (Å²) < 4.78 is 4.84. The molecule has 1 aromatic carbocycles. The van der Waals surface area contributed by atoms with Gasteiger partial charge >= 0.3 is 5.97 Å². The summed E-state index contributed by atoms with van der Waals surface area (Å²) in [6.45, 7) is 13.5. The van der Waals surface area contributed by atoms with Crippen LogP contribution in [0, 0.1) is 18.3 Å². The van der Waals surface area contributed by atoms with Gasteiger partial charge in [0.1, 0.15) is 6.04 Å². The molecule has 1 aromatic heterocycles. The number of hydrogen-bond donors (Lipinski definition) is 4. The van der Waals surface area contributed by atoms with E-state index >= 15 is 0 Å². The highest BCUT2D eigenvalue weighted by molar-refractivity contribution is 6.20. The van der Waals surface area contributed by atoms with Gasteiger partial charge in [0.05, 0.1) is 12.2 Å². The number of amides is 2. The summed E-state index contributed by atoms with van der Waals surface area (Å²) in [5, 5.41) is 14.6. The smallest absolute Gasteiger partial charge is 0.305 e. The van der Waals surface area contributed by atoms with E-state index in [9.17, 15) is 14.4 Å². The maximum Gasteiger partial charge on any atom is 0.305 e. The van der Waals surface area contributed by atoms with Crippen molar-refractivity contribution >= 4 is 34.4 Å². The molecule has 0 spiro atoms. The van der Waals surface area contributed by atoms with Gasteiger partial charge in [0, 0.05) is 30.4 Å². The van der Waals surface area contributed by atoms with Crippen LogP contribution in [-0.2, 0) is 19.1 Å². The second kappa shape index (κ2) is 15.5. The number of carbonyl (C=O) groups excluding carboxylic acids is 3. The molecule has 0 bridgehead atoms. The zero-order valence-electron chi connectivity index (χ0n) is 22.7. The van der Waals surface area contributed by atoms with E-state index < -0.39 is 11.9 Å². The summed E-state index contributed by atoms with van der Waals surface area (Å²) in [4.78, 5) is 39.4. The lowest BCUT2D eigenvalue weighted by atomic mass is 9.99. The number of aromatic amines is 1. The normalized spacial score (nSPS) is 12.2. The Morgan fingerprint density at radius 1 is 1.11 bits per heavy atom. The third-order valence-electron chi connectivity index (χ3n) is 5.67. The maximum atomic E-state index is 12.5. The number of esters is 1. The number of rotatable bonds is 11. The van der Waals surface area contributed by atoms with Crippen molar-refractivity contribution in [1.82, 2.24) is 15.6 Å². The van der Waals surface area contributed by atoms with Gasteiger partial charge in [-0.25, -0.2) is 0 Å². The first kappa shape index (κ1) is 30.6. The van der Waals surface area contributed by atoms with Gasteiger partial charge in [-0.15, -0.1) is 0 Å². The van der Waals surface area contributed by atoms with Crippen molar-refractivity contribution < 1.29 is 19.1 Å². The fourth-order valence-corrected chi connectivity index (χ4v) is 3.57. The number of allylic oxidation sites excluding steroid dienone is 1. The maximum absolute atomic E-state index is 12.5. The van der Waals surface area contributed by atoms with E-state index in [2.05, 4.69) is 46.8 Å². The lowest BCUT2D eigenvalue weighted by molar-refractivity contribution is -0.143. The number of ether oxygens (including phenoxy) is 1. The van der Waals surface area contributed by atoms with Gasteiger partial charge in [0.2, 0.25) is 5.91 Å². The number of hydrogen-bond acceptors (Lipinski definition) is 5. The van der Waals surface area contributed by atoms with Crippen LogP contribution in [-0.4, -0.2) is 47.7 Å². The average molecular weight is 499 g/mol. The second-order valence-electron chi connectivity index (χ2n) is 9.10. The van der Waals surface area contributed by atoms with Crippen LogP contribution in [0.5, 0.6) is 0 Å². The monoisotopic (exact) mass is 498 g/mol. The molecule has 2 aromatic rings. The number of aryl methyl sites for hydroxylation is 1. The molecule has 0 aliphatic carbocycles. The van der Waals surface area contributed by atoms with Crippen molar-refractivity contribution in [1.29, 1.82) is 5.41 Å². The van der Waals surface area contributed by atoms with E-state index in [0.717, 1.165) is 5.57 Å². The molecule has 0 aliphatic heterocycles. The van der Waals surface area contributed by atoms with Crippen LogP contribution in [0.3, 0.4) is 0 Å². The SMILES string of the molecule is CCOC(=O)CCCNC(=O)C(NC(=O)/C(C(C)=N)=C(\C)CC)C(C)C.Cc1ccc2[nH]ccc2c1. The molecule has 0 fully saturated rings. The van der Waals surface area contributed by atoms with Crippen molar-refractivity contribution in [2.45, 2.75) is 73.8 Å². The molecule has 36 heavy (non-hydrogen) atoms. The molecule has 4 N–H and O–H groups in total. The van der Waals surface area contributed by atoms with Gasteiger partial charge in [-0.2, -0.15) is 0 Å². The molecule has 2 amide bonds. The van der Waals surface area contributed by atoms with Crippen molar-refractivity contribution in [3.63, 3.8) is 0 Å². The molecule has 0 saturated carbocycles. The zero-order chi connectivity index (χ0) is 27.3. The topological polar surface area (TPSA) is 124 Å². The van der Waals surface area contributed by atoms with Crippen LogP contribution >= 0.6 is 0 Å². The van der Waals surface area contributed by atoms with E-state index in [1.165, 1.54) is 16.5 Å². The van der Waals surface area contributed by atoms with Gasteiger partial charge in [-0.3, -0.25) is 14.4 Å². The fourth-order valence-electron chi connectivity index (χ4n) is 3.57. The molecule has 1 atom stereocenters. The molecule has 0 saturated heterocycles. The van der Waals surface area contributed by atoms with Gasteiger partial charge in [-0.05, 0) is 70.0 Å².